The molecule has 4 heteroatoms. The van der Waals surface area contributed by atoms with E-state index in [4.69, 9.17) is 17.6 Å². The molecule has 0 saturated heterocycles. The van der Waals surface area contributed by atoms with E-state index in [1.165, 1.54) is 0 Å². The van der Waals surface area contributed by atoms with Gasteiger partial charge in [0.2, 0.25) is 0 Å². The summed E-state index contributed by atoms with van der Waals surface area (Å²) in [6.07, 6.45) is 10.3. The molecule has 1 atom stereocenters. The second-order valence-electron chi connectivity index (χ2n) is 2.99. The van der Waals surface area contributed by atoms with Gasteiger partial charge in [-0.2, -0.15) is 0 Å². The summed E-state index contributed by atoms with van der Waals surface area (Å²) in [6.45, 7) is 1.60. The van der Waals surface area contributed by atoms with Gasteiger partial charge in [-0.1, -0.05) is 18.8 Å². The lowest BCUT2D eigenvalue weighted by Gasteiger charge is -2.11. The summed E-state index contributed by atoms with van der Waals surface area (Å²) >= 11 is 0. The van der Waals surface area contributed by atoms with Gasteiger partial charge >= 0.3 is 11.9 Å². The van der Waals surface area contributed by atoms with E-state index in [1.54, 1.807) is 6.92 Å². The highest BCUT2D eigenvalue weighted by Crippen LogP contribution is 2.11. The van der Waals surface area contributed by atoms with Crippen LogP contribution in [0.3, 0.4) is 0 Å². The van der Waals surface area contributed by atoms with Crippen LogP contribution >= 0.6 is 0 Å². The van der Waals surface area contributed by atoms with Crippen LogP contribution in [0.5, 0.6) is 0 Å². The van der Waals surface area contributed by atoms with Gasteiger partial charge in [-0.25, -0.2) is 0 Å². The van der Waals surface area contributed by atoms with Crippen molar-refractivity contribution in [1.82, 2.24) is 0 Å². The summed E-state index contributed by atoms with van der Waals surface area (Å²) in [4.78, 5) is 22.6. The van der Waals surface area contributed by atoms with Crippen molar-refractivity contribution >= 4 is 11.9 Å². The molecule has 0 rings (SSSR count). The summed E-state index contributed by atoms with van der Waals surface area (Å²) in [5.41, 5.74) is 0. The number of hydrogen-bond acceptors (Lipinski definition) is 4. The highest BCUT2D eigenvalue weighted by Gasteiger charge is 2.22. The normalized spacial score (nSPS) is 10.7. The highest BCUT2D eigenvalue weighted by atomic mass is 16.5. The Morgan fingerprint density at radius 2 is 1.75 bits per heavy atom. The molecule has 0 fully saturated rings. The third kappa shape index (κ3) is 5.72. The van der Waals surface area contributed by atoms with Crippen LogP contribution in [0.15, 0.2) is 0 Å². The van der Waals surface area contributed by atoms with Crippen molar-refractivity contribution in [2.45, 2.75) is 19.8 Å². The lowest BCUT2D eigenvalue weighted by Crippen LogP contribution is -2.21. The van der Waals surface area contributed by atoms with Crippen LogP contribution in [0.2, 0.25) is 0 Å². The topological polar surface area (TPSA) is 52.6 Å². The summed E-state index contributed by atoms with van der Waals surface area (Å²) < 4.78 is 9.38. The Balaban J connectivity index is 4.10. The molecule has 0 aromatic heterocycles. The van der Waals surface area contributed by atoms with Crippen molar-refractivity contribution in [2.75, 3.05) is 13.2 Å². The van der Waals surface area contributed by atoms with Crippen molar-refractivity contribution in [3.8, 4) is 24.7 Å². The van der Waals surface area contributed by atoms with Crippen LogP contribution in [0.25, 0.3) is 0 Å². The summed E-state index contributed by atoms with van der Waals surface area (Å²) in [6, 6.07) is 0. The number of terminal acetylenes is 2. The van der Waals surface area contributed by atoms with E-state index >= 15 is 0 Å². The van der Waals surface area contributed by atoms with Crippen LogP contribution in [0.1, 0.15) is 19.8 Å². The summed E-state index contributed by atoms with van der Waals surface area (Å²) in [5, 5.41) is 0. The molecule has 0 bridgehead atoms. The van der Waals surface area contributed by atoms with Gasteiger partial charge in [-0.3, -0.25) is 9.59 Å². The number of carbonyl (C=O) groups excluding carboxylic acids is 2. The number of carbonyl (C=O) groups is 2. The SMILES string of the molecule is C#CCOC(=O)CC(CC)C(=O)OCC#C. The molecule has 0 saturated carbocycles. The first-order chi connectivity index (χ1) is 7.65. The first-order valence-electron chi connectivity index (χ1n) is 4.84. The van der Waals surface area contributed by atoms with Crippen LogP contribution in [0.4, 0.5) is 0 Å². The number of ether oxygens (including phenoxy) is 2. The smallest absolute Gasteiger partial charge is 0.310 e. The monoisotopic (exact) mass is 222 g/mol. The molecule has 0 aromatic rings. The second-order valence-corrected chi connectivity index (χ2v) is 2.99. The van der Waals surface area contributed by atoms with Gasteiger partial charge in [0.15, 0.2) is 13.2 Å². The van der Waals surface area contributed by atoms with E-state index in [9.17, 15) is 9.59 Å². The Morgan fingerprint density at radius 1 is 1.19 bits per heavy atom. The van der Waals surface area contributed by atoms with E-state index in [0.29, 0.717) is 6.42 Å². The van der Waals surface area contributed by atoms with Crippen LogP contribution in [0, 0.1) is 30.6 Å². The minimum Gasteiger partial charge on any atom is -0.452 e. The molecule has 0 aliphatic carbocycles. The Morgan fingerprint density at radius 3 is 2.25 bits per heavy atom. The molecule has 0 spiro atoms. The molecule has 0 aliphatic rings. The van der Waals surface area contributed by atoms with E-state index in [2.05, 4.69) is 16.6 Å². The van der Waals surface area contributed by atoms with Crippen LogP contribution in [-0.2, 0) is 19.1 Å². The first kappa shape index (κ1) is 14.1. The molecule has 0 aliphatic heterocycles. The van der Waals surface area contributed by atoms with E-state index in [1.807, 2.05) is 0 Å². The van der Waals surface area contributed by atoms with Crippen molar-refractivity contribution < 1.29 is 19.1 Å². The molecule has 0 radical (unpaired) electrons. The third-order valence-corrected chi connectivity index (χ3v) is 1.85. The fourth-order valence-corrected chi connectivity index (χ4v) is 1.01. The molecule has 0 heterocycles. The van der Waals surface area contributed by atoms with Crippen LogP contribution < -0.4 is 0 Å². The molecule has 4 nitrogen and oxygen atoms in total. The van der Waals surface area contributed by atoms with Crippen molar-refractivity contribution in [3.05, 3.63) is 0 Å². The Labute approximate surface area is 95.3 Å². The van der Waals surface area contributed by atoms with Gasteiger partial charge in [-0.15, -0.1) is 12.8 Å². The van der Waals surface area contributed by atoms with Gasteiger partial charge in [-0.05, 0) is 6.42 Å². The molecule has 16 heavy (non-hydrogen) atoms. The molecule has 1 unspecified atom stereocenters. The number of hydrogen-bond donors (Lipinski definition) is 0. The van der Waals surface area contributed by atoms with Gasteiger partial charge in [0.1, 0.15) is 0 Å². The fourth-order valence-electron chi connectivity index (χ4n) is 1.01. The molecular formula is C12H14O4. The van der Waals surface area contributed by atoms with E-state index in [0.717, 1.165) is 0 Å². The maximum absolute atomic E-state index is 11.4. The Bertz CT molecular complexity index is 319. The van der Waals surface area contributed by atoms with E-state index in [-0.39, 0.29) is 19.6 Å². The van der Waals surface area contributed by atoms with Crippen molar-refractivity contribution in [3.63, 3.8) is 0 Å². The lowest BCUT2D eigenvalue weighted by atomic mass is 10.0. The average Bonchev–Trinajstić information content (AvgIpc) is 2.30. The first-order valence-corrected chi connectivity index (χ1v) is 4.84. The van der Waals surface area contributed by atoms with Crippen LogP contribution in [-0.4, -0.2) is 25.2 Å². The van der Waals surface area contributed by atoms with Gasteiger partial charge < -0.3 is 9.47 Å². The zero-order chi connectivity index (χ0) is 12.4. The zero-order valence-electron chi connectivity index (χ0n) is 9.19. The molecule has 0 N–H and O–H groups in total. The second kappa shape index (κ2) is 8.38. The van der Waals surface area contributed by atoms with E-state index < -0.39 is 17.9 Å². The quantitative estimate of drug-likeness (QED) is 0.491. The molecule has 0 amide bonds. The maximum atomic E-state index is 11.4. The summed E-state index contributed by atoms with van der Waals surface area (Å²) in [5.74, 6) is 2.82. The minimum absolute atomic E-state index is 0.0401. The maximum Gasteiger partial charge on any atom is 0.310 e. The standard InChI is InChI=1S/C12H14O4/c1-4-7-15-11(13)9-10(6-3)12(14)16-8-5-2/h1-2,10H,6-9H2,3H3. The molecule has 0 aromatic carbocycles. The van der Waals surface area contributed by atoms with Gasteiger partial charge in [0.25, 0.3) is 0 Å². The Kier molecular flexibility index (Phi) is 7.36. The van der Waals surface area contributed by atoms with Crippen molar-refractivity contribution in [2.24, 2.45) is 5.92 Å². The van der Waals surface area contributed by atoms with Gasteiger partial charge in [0.05, 0.1) is 12.3 Å². The Hall–Kier alpha value is -1.94. The highest BCUT2D eigenvalue weighted by molar-refractivity contribution is 5.80. The zero-order valence-corrected chi connectivity index (χ0v) is 9.19. The van der Waals surface area contributed by atoms with Gasteiger partial charge in [0, 0.05) is 0 Å². The minimum atomic E-state index is -0.529. The third-order valence-electron chi connectivity index (χ3n) is 1.85. The average molecular weight is 222 g/mol. The largest absolute Gasteiger partial charge is 0.452 e. The number of rotatable bonds is 6. The number of esters is 2. The predicted molar refractivity (Wildman–Crippen MR) is 58.0 cm³/mol. The summed E-state index contributed by atoms with van der Waals surface area (Å²) in [7, 11) is 0. The molecule has 86 valence electrons. The van der Waals surface area contributed by atoms with Crippen molar-refractivity contribution in [1.29, 1.82) is 0 Å². The lowest BCUT2D eigenvalue weighted by molar-refractivity contribution is -0.153. The predicted octanol–water partition coefficient (Wildman–Crippen LogP) is 0.756. The molecular weight excluding hydrogens is 208 g/mol. The fraction of sp³-hybridized carbons (Fsp3) is 0.500.